The Balaban J connectivity index is 3.54. The van der Waals surface area contributed by atoms with Crippen LogP contribution in [0.15, 0.2) is 21.5 Å². The lowest BCUT2D eigenvalue weighted by Crippen LogP contribution is -2.36. The van der Waals surface area contributed by atoms with Crippen LogP contribution in [0.3, 0.4) is 0 Å². The van der Waals surface area contributed by atoms with Crippen LogP contribution in [0.2, 0.25) is 0 Å². The molecule has 0 aliphatic heterocycles. The highest BCUT2D eigenvalue weighted by Crippen LogP contribution is 2.27. The van der Waals surface area contributed by atoms with Gasteiger partial charge in [-0.3, -0.25) is 4.79 Å². The molecule has 0 aromatic heterocycles. The van der Waals surface area contributed by atoms with Gasteiger partial charge in [-0.15, -0.1) is 0 Å². The van der Waals surface area contributed by atoms with E-state index in [4.69, 9.17) is 5.11 Å². The Morgan fingerprint density at radius 3 is 2.40 bits per heavy atom. The Hall–Kier alpha value is -1.48. The quantitative estimate of drug-likeness (QED) is 0.832. The lowest BCUT2D eigenvalue weighted by Gasteiger charge is -2.13. The number of carboxylic acids is 1. The van der Waals surface area contributed by atoms with Crippen molar-refractivity contribution in [3.63, 3.8) is 0 Å². The summed E-state index contributed by atoms with van der Waals surface area (Å²) in [6.07, 6.45) is 0. The van der Waals surface area contributed by atoms with Crippen LogP contribution in [0.1, 0.15) is 17.3 Å². The molecule has 0 saturated heterocycles. The maximum Gasteiger partial charge on any atom is 0.338 e. The average molecular weight is 368 g/mol. The molecule has 9 heteroatoms. The Morgan fingerprint density at radius 2 is 1.95 bits per heavy atom. The fourth-order valence-electron chi connectivity index (χ4n) is 1.46. The second-order valence-corrected chi connectivity index (χ2v) is 7.02. The summed E-state index contributed by atoms with van der Waals surface area (Å²) in [5.41, 5.74) is -0.790. The highest BCUT2D eigenvalue weighted by Gasteiger charge is 2.33. The van der Waals surface area contributed by atoms with Crippen LogP contribution >= 0.6 is 15.9 Å². The second-order valence-electron chi connectivity index (χ2n) is 3.87. The number of sulfone groups is 1. The fourth-order valence-corrected chi connectivity index (χ4v) is 3.50. The van der Waals surface area contributed by atoms with E-state index in [2.05, 4.69) is 21.2 Å². The van der Waals surface area contributed by atoms with E-state index >= 15 is 0 Å². The zero-order chi connectivity index (χ0) is 15.7. The number of rotatable bonds is 4. The van der Waals surface area contributed by atoms with Gasteiger partial charge in [0.15, 0.2) is 15.7 Å². The first-order chi connectivity index (χ1) is 9.12. The van der Waals surface area contributed by atoms with E-state index in [1.54, 1.807) is 0 Å². The molecule has 1 rings (SSSR count). The summed E-state index contributed by atoms with van der Waals surface area (Å²) >= 11 is 2.92. The van der Waals surface area contributed by atoms with Gasteiger partial charge >= 0.3 is 5.97 Å². The zero-order valence-corrected chi connectivity index (χ0v) is 12.9. The van der Waals surface area contributed by atoms with E-state index in [1.807, 2.05) is 0 Å². The summed E-state index contributed by atoms with van der Waals surface area (Å²) in [5, 5.41) is 9.44. The molecular weight excluding hydrogens is 357 g/mol. The Morgan fingerprint density at radius 1 is 1.40 bits per heavy atom. The third kappa shape index (κ3) is 2.98. The van der Waals surface area contributed by atoms with Crippen molar-refractivity contribution in [3.8, 4) is 0 Å². The number of halogens is 2. The molecular formula is C11H11BrFNO5S. The summed E-state index contributed by atoms with van der Waals surface area (Å²) in [7, 11) is -3.10. The van der Waals surface area contributed by atoms with Gasteiger partial charge in [0.2, 0.25) is 5.91 Å². The van der Waals surface area contributed by atoms with Crippen molar-refractivity contribution >= 4 is 37.6 Å². The molecule has 0 saturated carbocycles. The minimum absolute atomic E-state index is 0.0824. The van der Waals surface area contributed by atoms with Crippen molar-refractivity contribution in [2.24, 2.45) is 0 Å². The Kier molecular flexibility index (Phi) is 4.87. The van der Waals surface area contributed by atoms with Crippen molar-refractivity contribution in [2.75, 3.05) is 7.05 Å². The molecule has 1 aromatic rings. The SMILES string of the molecule is CNC(=O)C(C)S(=O)(=O)c1cc(Br)cc(C(=O)O)c1F. The van der Waals surface area contributed by atoms with Crippen LogP contribution in [0, 0.1) is 5.82 Å². The van der Waals surface area contributed by atoms with Crippen molar-refractivity contribution in [1.29, 1.82) is 0 Å². The van der Waals surface area contributed by atoms with Crippen molar-refractivity contribution in [3.05, 3.63) is 28.0 Å². The smallest absolute Gasteiger partial charge is 0.338 e. The van der Waals surface area contributed by atoms with Crippen LogP contribution in [-0.2, 0) is 14.6 Å². The first-order valence-corrected chi connectivity index (χ1v) is 7.64. The molecule has 1 amide bonds. The van der Waals surface area contributed by atoms with Gasteiger partial charge in [0, 0.05) is 11.5 Å². The molecule has 20 heavy (non-hydrogen) atoms. The molecule has 0 aliphatic rings. The number of hydrogen-bond acceptors (Lipinski definition) is 4. The number of carbonyl (C=O) groups excluding carboxylic acids is 1. The van der Waals surface area contributed by atoms with Crippen molar-refractivity contribution in [2.45, 2.75) is 17.1 Å². The fraction of sp³-hybridized carbons (Fsp3) is 0.273. The van der Waals surface area contributed by atoms with Crippen LogP contribution < -0.4 is 5.32 Å². The summed E-state index contributed by atoms with van der Waals surface area (Å²) in [5.74, 6) is -3.81. The van der Waals surface area contributed by atoms with Crippen LogP contribution in [0.25, 0.3) is 0 Å². The molecule has 6 nitrogen and oxygen atoms in total. The number of carbonyl (C=O) groups is 2. The molecule has 0 aliphatic carbocycles. The third-order valence-corrected chi connectivity index (χ3v) is 5.13. The first kappa shape index (κ1) is 16.6. The molecule has 0 radical (unpaired) electrons. The summed E-state index contributed by atoms with van der Waals surface area (Å²) in [6, 6.07) is 1.87. The third-order valence-electron chi connectivity index (χ3n) is 2.62. The molecule has 1 atom stereocenters. The minimum Gasteiger partial charge on any atom is -0.478 e. The van der Waals surface area contributed by atoms with Gasteiger partial charge in [0.25, 0.3) is 0 Å². The maximum atomic E-state index is 14.0. The van der Waals surface area contributed by atoms with Crippen molar-refractivity contribution < 1.29 is 27.5 Å². The van der Waals surface area contributed by atoms with Gasteiger partial charge in [-0.2, -0.15) is 0 Å². The molecule has 0 heterocycles. The highest BCUT2D eigenvalue weighted by molar-refractivity contribution is 9.10. The van der Waals surface area contributed by atoms with E-state index in [0.29, 0.717) is 0 Å². The molecule has 110 valence electrons. The summed E-state index contributed by atoms with van der Waals surface area (Å²) < 4.78 is 38.4. The highest BCUT2D eigenvalue weighted by atomic mass is 79.9. The largest absolute Gasteiger partial charge is 0.478 e. The number of benzene rings is 1. The van der Waals surface area contributed by atoms with Gasteiger partial charge in [-0.25, -0.2) is 17.6 Å². The van der Waals surface area contributed by atoms with Gasteiger partial charge in [0.05, 0.1) is 5.56 Å². The lowest BCUT2D eigenvalue weighted by atomic mass is 10.2. The van der Waals surface area contributed by atoms with E-state index in [1.165, 1.54) is 7.05 Å². The predicted molar refractivity (Wildman–Crippen MR) is 71.8 cm³/mol. The van der Waals surface area contributed by atoms with Gasteiger partial charge in [-0.1, -0.05) is 15.9 Å². The molecule has 1 aromatic carbocycles. The number of carboxylic acid groups (broad SMARTS) is 1. The average Bonchev–Trinajstić information content (AvgIpc) is 2.38. The van der Waals surface area contributed by atoms with E-state index < -0.39 is 43.2 Å². The van der Waals surface area contributed by atoms with Crippen LogP contribution in [-0.4, -0.2) is 37.7 Å². The number of aromatic carboxylic acids is 1. The van der Waals surface area contributed by atoms with Gasteiger partial charge in [-0.05, 0) is 19.1 Å². The first-order valence-electron chi connectivity index (χ1n) is 5.30. The number of amides is 1. The van der Waals surface area contributed by atoms with Gasteiger partial charge in [0.1, 0.15) is 10.1 Å². The monoisotopic (exact) mass is 367 g/mol. The van der Waals surface area contributed by atoms with Gasteiger partial charge < -0.3 is 10.4 Å². The van der Waals surface area contributed by atoms with E-state index in [-0.39, 0.29) is 4.47 Å². The molecule has 1 unspecified atom stereocenters. The topological polar surface area (TPSA) is 101 Å². The van der Waals surface area contributed by atoms with E-state index in [0.717, 1.165) is 19.1 Å². The summed E-state index contributed by atoms with van der Waals surface area (Å²) in [4.78, 5) is 21.5. The standard InChI is InChI=1S/C11H11BrFNO5S/c1-5(10(15)14-2)20(18,19)8-4-6(12)3-7(9(8)13)11(16)17/h3-5H,1-2H3,(H,14,15)(H,16,17). The van der Waals surface area contributed by atoms with Crippen LogP contribution in [0.4, 0.5) is 4.39 Å². The predicted octanol–water partition coefficient (Wildman–Crippen LogP) is 1.19. The van der Waals surface area contributed by atoms with E-state index in [9.17, 15) is 22.4 Å². The maximum absolute atomic E-state index is 14.0. The second kappa shape index (κ2) is 5.88. The lowest BCUT2D eigenvalue weighted by molar-refractivity contribution is -0.119. The molecule has 0 spiro atoms. The number of nitrogens with one attached hydrogen (secondary N) is 1. The minimum atomic E-state index is -4.34. The molecule has 2 N–H and O–H groups in total. The van der Waals surface area contributed by atoms with Crippen molar-refractivity contribution in [1.82, 2.24) is 5.32 Å². The molecule has 0 bridgehead atoms. The number of hydrogen-bond donors (Lipinski definition) is 2. The zero-order valence-electron chi connectivity index (χ0n) is 10.5. The van der Waals surface area contributed by atoms with Crippen LogP contribution in [0.5, 0.6) is 0 Å². The Labute approximate surface area is 123 Å². The molecule has 0 fully saturated rings. The Bertz CT molecular complexity index is 674. The summed E-state index contributed by atoms with van der Waals surface area (Å²) in [6.45, 7) is 1.09. The normalized spacial score (nSPS) is 12.8.